The van der Waals surface area contributed by atoms with Gasteiger partial charge >= 0.3 is 0 Å². The molecule has 0 radical (unpaired) electrons. The SMILES string of the molecule is C=CC(=C)C#N.N#Cc1ccc2c(c1)c1ccccc1n2-c1cccc2c1oc1cccc(-n3c4ccccc4c4cc(C#N)ccc43)c12. The Morgan fingerprint density at radius 1 is 0.571 bits per heavy atom. The first-order chi connectivity index (χ1) is 24.1. The number of rotatable bonds is 3. The molecular formula is C43H25N5O. The van der Waals surface area contributed by atoms with Crippen molar-refractivity contribution in [3.8, 4) is 29.6 Å². The van der Waals surface area contributed by atoms with Gasteiger partial charge in [-0.2, -0.15) is 15.8 Å². The summed E-state index contributed by atoms with van der Waals surface area (Å²) in [5.41, 5.74) is 9.42. The molecule has 0 spiro atoms. The first-order valence-corrected chi connectivity index (χ1v) is 15.6. The van der Waals surface area contributed by atoms with Crippen molar-refractivity contribution in [3.05, 3.63) is 157 Å². The molecule has 228 valence electrons. The molecule has 0 N–H and O–H groups in total. The van der Waals surface area contributed by atoms with Crippen LogP contribution >= 0.6 is 0 Å². The van der Waals surface area contributed by atoms with E-state index in [0.29, 0.717) is 16.7 Å². The average Bonchev–Trinajstić information content (AvgIpc) is 3.82. The quantitative estimate of drug-likeness (QED) is 0.144. The van der Waals surface area contributed by atoms with Crippen molar-refractivity contribution >= 4 is 65.6 Å². The topological polar surface area (TPSA) is 94.4 Å². The maximum absolute atomic E-state index is 9.60. The predicted molar refractivity (Wildman–Crippen MR) is 197 cm³/mol. The normalized spacial score (nSPS) is 11.0. The highest BCUT2D eigenvalue weighted by atomic mass is 16.3. The summed E-state index contributed by atoms with van der Waals surface area (Å²) < 4.78 is 11.2. The summed E-state index contributed by atoms with van der Waals surface area (Å²) in [6, 6.07) is 47.2. The van der Waals surface area contributed by atoms with Gasteiger partial charge in [0.2, 0.25) is 0 Å². The van der Waals surface area contributed by atoms with Gasteiger partial charge < -0.3 is 13.6 Å². The van der Waals surface area contributed by atoms with Gasteiger partial charge in [-0.3, -0.25) is 0 Å². The molecule has 0 aliphatic carbocycles. The zero-order valence-electron chi connectivity index (χ0n) is 26.2. The van der Waals surface area contributed by atoms with Crippen molar-refractivity contribution in [1.82, 2.24) is 9.13 Å². The molecule has 0 atom stereocenters. The van der Waals surface area contributed by atoms with Crippen LogP contribution in [0.3, 0.4) is 0 Å². The van der Waals surface area contributed by atoms with E-state index >= 15 is 0 Å². The van der Waals surface area contributed by atoms with Crippen molar-refractivity contribution in [1.29, 1.82) is 15.8 Å². The minimum absolute atomic E-state index is 0.412. The molecule has 0 aliphatic rings. The van der Waals surface area contributed by atoms with Crippen LogP contribution in [0.25, 0.3) is 76.9 Å². The molecule has 9 aromatic rings. The van der Waals surface area contributed by atoms with E-state index in [1.807, 2.05) is 66.7 Å². The molecule has 0 fully saturated rings. The standard InChI is InChI=1S/C38H20N4O.C5H5N/c39-21-23-15-17-32-28(19-23)25-7-1-3-10-30(25)41(32)34-12-6-14-36-37(34)27-9-5-13-35(38(27)43-36)42-31-11-4-2-8-26(31)29-20-24(22-40)16-18-33(29)42;1-3-5(2)4-6/h1-20H;3H,1-2H2. The second kappa shape index (κ2) is 11.5. The molecule has 6 aromatic carbocycles. The third-order valence-corrected chi connectivity index (χ3v) is 8.96. The average molecular weight is 628 g/mol. The molecule has 0 unspecified atom stereocenters. The van der Waals surface area contributed by atoms with Crippen LogP contribution < -0.4 is 0 Å². The van der Waals surface area contributed by atoms with E-state index in [0.717, 1.165) is 76.9 Å². The molecule has 0 saturated heterocycles. The molecule has 0 amide bonds. The van der Waals surface area contributed by atoms with Gasteiger partial charge in [-0.15, -0.1) is 0 Å². The Balaban J connectivity index is 0.000000536. The van der Waals surface area contributed by atoms with Crippen LogP contribution in [0, 0.1) is 34.0 Å². The van der Waals surface area contributed by atoms with Gasteiger partial charge in [-0.1, -0.05) is 73.8 Å². The van der Waals surface area contributed by atoms with Gasteiger partial charge in [0.05, 0.1) is 68.2 Å². The zero-order chi connectivity index (χ0) is 33.6. The Morgan fingerprint density at radius 2 is 1.08 bits per heavy atom. The maximum Gasteiger partial charge on any atom is 0.159 e. The molecule has 9 rings (SSSR count). The van der Waals surface area contributed by atoms with Crippen molar-refractivity contribution in [2.45, 2.75) is 0 Å². The van der Waals surface area contributed by atoms with Crippen molar-refractivity contribution in [2.75, 3.05) is 0 Å². The van der Waals surface area contributed by atoms with Gasteiger partial charge in [0, 0.05) is 32.5 Å². The second-order valence-corrected chi connectivity index (χ2v) is 11.6. The predicted octanol–water partition coefficient (Wildman–Crippen LogP) is 10.8. The molecule has 0 bridgehead atoms. The van der Waals surface area contributed by atoms with Crippen molar-refractivity contribution < 1.29 is 4.42 Å². The number of benzene rings is 6. The fourth-order valence-electron chi connectivity index (χ4n) is 6.83. The fraction of sp³-hybridized carbons (Fsp3) is 0. The lowest BCUT2D eigenvalue weighted by Gasteiger charge is -2.10. The van der Waals surface area contributed by atoms with Crippen LogP contribution in [0.1, 0.15) is 11.1 Å². The number of aromatic nitrogens is 2. The number of allylic oxidation sites excluding steroid dienone is 2. The lowest BCUT2D eigenvalue weighted by Crippen LogP contribution is -1.95. The first kappa shape index (κ1) is 29.1. The number of nitrogens with zero attached hydrogens (tertiary/aromatic N) is 5. The number of nitriles is 3. The molecule has 3 heterocycles. The third kappa shape index (κ3) is 4.47. The van der Waals surface area contributed by atoms with E-state index in [1.54, 1.807) is 6.07 Å². The largest absolute Gasteiger partial charge is 0.454 e. The Morgan fingerprint density at radius 3 is 1.63 bits per heavy atom. The minimum atomic E-state index is 0.412. The molecular weight excluding hydrogens is 603 g/mol. The van der Waals surface area contributed by atoms with Crippen LogP contribution in [0.15, 0.2) is 151 Å². The van der Waals surface area contributed by atoms with Crippen molar-refractivity contribution in [3.63, 3.8) is 0 Å². The van der Waals surface area contributed by atoms with Gasteiger partial charge in [-0.25, -0.2) is 0 Å². The van der Waals surface area contributed by atoms with Crippen LogP contribution in [0.4, 0.5) is 0 Å². The highest BCUT2D eigenvalue weighted by Crippen LogP contribution is 2.42. The Kier molecular flexibility index (Phi) is 6.82. The number of furan rings is 1. The van der Waals surface area contributed by atoms with E-state index in [1.165, 1.54) is 6.08 Å². The van der Waals surface area contributed by atoms with Crippen LogP contribution in [-0.4, -0.2) is 9.13 Å². The van der Waals surface area contributed by atoms with E-state index < -0.39 is 0 Å². The highest BCUT2D eigenvalue weighted by molar-refractivity contribution is 6.17. The molecule has 0 aliphatic heterocycles. The smallest absolute Gasteiger partial charge is 0.159 e. The zero-order valence-corrected chi connectivity index (χ0v) is 26.2. The minimum Gasteiger partial charge on any atom is -0.454 e. The monoisotopic (exact) mass is 627 g/mol. The first-order valence-electron chi connectivity index (χ1n) is 15.6. The molecule has 0 saturated carbocycles. The van der Waals surface area contributed by atoms with Crippen LogP contribution in [0.5, 0.6) is 0 Å². The van der Waals surface area contributed by atoms with E-state index in [-0.39, 0.29) is 0 Å². The summed E-state index contributed by atoms with van der Waals surface area (Å²) in [6.07, 6.45) is 1.42. The summed E-state index contributed by atoms with van der Waals surface area (Å²) in [5.74, 6) is 0. The Bertz CT molecular complexity index is 2970. The van der Waals surface area contributed by atoms with Gasteiger partial charge in [0.25, 0.3) is 0 Å². The van der Waals surface area contributed by atoms with Gasteiger partial charge in [0.15, 0.2) is 5.58 Å². The van der Waals surface area contributed by atoms with Gasteiger partial charge in [0.1, 0.15) is 5.58 Å². The number of hydrogen-bond acceptors (Lipinski definition) is 4. The summed E-state index contributed by atoms with van der Waals surface area (Å²) >= 11 is 0. The lowest BCUT2D eigenvalue weighted by molar-refractivity contribution is 0.666. The van der Waals surface area contributed by atoms with Crippen molar-refractivity contribution in [2.24, 2.45) is 0 Å². The lowest BCUT2D eigenvalue weighted by atomic mass is 10.1. The third-order valence-electron chi connectivity index (χ3n) is 8.96. The van der Waals surface area contributed by atoms with E-state index in [4.69, 9.17) is 9.68 Å². The number of para-hydroxylation sites is 3. The maximum atomic E-state index is 9.60. The van der Waals surface area contributed by atoms with Crippen LogP contribution in [-0.2, 0) is 0 Å². The summed E-state index contributed by atoms with van der Waals surface area (Å²) in [5, 5.41) is 33.4. The van der Waals surface area contributed by atoms with E-state index in [2.05, 4.69) is 89.0 Å². The summed E-state index contributed by atoms with van der Waals surface area (Å²) in [4.78, 5) is 0. The van der Waals surface area contributed by atoms with Gasteiger partial charge in [-0.05, 0) is 66.7 Å². The highest BCUT2D eigenvalue weighted by Gasteiger charge is 2.21. The number of hydrogen-bond donors (Lipinski definition) is 0. The molecule has 6 heteroatoms. The molecule has 49 heavy (non-hydrogen) atoms. The summed E-state index contributed by atoms with van der Waals surface area (Å²) in [7, 11) is 0. The van der Waals surface area contributed by atoms with E-state index in [9.17, 15) is 10.5 Å². The second-order valence-electron chi connectivity index (χ2n) is 11.6. The Labute approximate surface area is 281 Å². The Hall–Kier alpha value is -7.33. The number of fused-ring (bicyclic) bond motifs is 9. The molecule has 3 aromatic heterocycles. The van der Waals surface area contributed by atoms with Crippen LogP contribution in [0.2, 0.25) is 0 Å². The molecule has 6 nitrogen and oxygen atoms in total. The fourth-order valence-corrected chi connectivity index (χ4v) is 6.83. The summed E-state index contributed by atoms with van der Waals surface area (Å²) in [6.45, 7) is 6.62.